The van der Waals surface area contributed by atoms with E-state index < -0.39 is 0 Å². The predicted molar refractivity (Wildman–Crippen MR) is 59.2 cm³/mol. The fraction of sp³-hybridized carbons (Fsp3) is 0.100. The van der Waals surface area contributed by atoms with E-state index in [0.29, 0.717) is 21.5 Å². The van der Waals surface area contributed by atoms with Gasteiger partial charge in [-0.1, -0.05) is 15.9 Å². The third-order valence-corrected chi connectivity index (χ3v) is 2.69. The summed E-state index contributed by atoms with van der Waals surface area (Å²) in [6.45, 7) is 0. The van der Waals surface area contributed by atoms with Gasteiger partial charge < -0.3 is 4.42 Å². The summed E-state index contributed by atoms with van der Waals surface area (Å²) >= 11 is 8.84. The van der Waals surface area contributed by atoms with E-state index in [1.165, 1.54) is 12.5 Å². The fourth-order valence-corrected chi connectivity index (χ4v) is 1.78. The number of alkyl halides is 1. The molecule has 0 radical (unpaired) electrons. The number of rotatable bonds is 2. The Hall–Kier alpha value is -0.870. The lowest BCUT2D eigenvalue weighted by molar-refractivity contribution is 0.560. The van der Waals surface area contributed by atoms with E-state index >= 15 is 0 Å². The molecule has 2 rings (SSSR count). The van der Waals surface area contributed by atoms with Crippen molar-refractivity contribution in [1.82, 2.24) is 4.98 Å². The van der Waals surface area contributed by atoms with Crippen molar-refractivity contribution in [3.05, 3.63) is 40.6 Å². The third kappa shape index (κ3) is 2.06. The summed E-state index contributed by atoms with van der Waals surface area (Å²) in [5, 5.41) is 0. The summed E-state index contributed by atoms with van der Waals surface area (Å²) in [7, 11) is 0. The lowest BCUT2D eigenvalue weighted by atomic mass is 10.1. The van der Waals surface area contributed by atoms with Gasteiger partial charge in [-0.25, -0.2) is 9.37 Å². The molecule has 0 aliphatic carbocycles. The number of aromatic nitrogens is 1. The van der Waals surface area contributed by atoms with Crippen LogP contribution < -0.4 is 0 Å². The van der Waals surface area contributed by atoms with Gasteiger partial charge in [0.05, 0.1) is 11.4 Å². The highest BCUT2D eigenvalue weighted by atomic mass is 79.9. The highest BCUT2D eigenvalue weighted by molar-refractivity contribution is 9.10. The molecule has 0 bridgehead atoms. The molecular weight excluding hydrogens is 284 g/mol. The molecule has 0 saturated heterocycles. The van der Waals surface area contributed by atoms with Gasteiger partial charge in [-0.3, -0.25) is 0 Å². The second kappa shape index (κ2) is 4.33. The maximum absolute atomic E-state index is 13.6. The smallest absolute Gasteiger partial charge is 0.181 e. The summed E-state index contributed by atoms with van der Waals surface area (Å²) in [5.41, 5.74) is 0.907. The summed E-state index contributed by atoms with van der Waals surface area (Å²) in [6, 6.07) is 4.73. The van der Waals surface area contributed by atoms with Crippen molar-refractivity contribution in [3.8, 4) is 11.3 Å². The van der Waals surface area contributed by atoms with E-state index in [4.69, 9.17) is 16.0 Å². The normalized spacial score (nSPS) is 10.6. The fourth-order valence-electron chi connectivity index (χ4n) is 1.26. The summed E-state index contributed by atoms with van der Waals surface area (Å²) in [4.78, 5) is 3.90. The van der Waals surface area contributed by atoms with Crippen LogP contribution in [0.15, 0.2) is 33.5 Å². The minimum Gasteiger partial charge on any atom is -0.443 e. The molecule has 0 amide bonds. The van der Waals surface area contributed by atoms with E-state index in [-0.39, 0.29) is 11.7 Å². The molecule has 78 valence electrons. The van der Waals surface area contributed by atoms with Crippen LogP contribution >= 0.6 is 27.5 Å². The van der Waals surface area contributed by atoms with Gasteiger partial charge in [-0.2, -0.15) is 0 Å². The molecule has 5 heteroatoms. The maximum Gasteiger partial charge on any atom is 0.181 e. The van der Waals surface area contributed by atoms with Crippen LogP contribution in [0.1, 0.15) is 5.69 Å². The summed E-state index contributed by atoms with van der Waals surface area (Å²) in [5.74, 6) is 0.212. The Bertz CT molecular complexity index is 486. The Morgan fingerprint density at radius 2 is 2.27 bits per heavy atom. The molecule has 1 aromatic carbocycles. The third-order valence-electron chi connectivity index (χ3n) is 1.94. The number of hydrogen-bond acceptors (Lipinski definition) is 2. The monoisotopic (exact) mass is 289 g/mol. The van der Waals surface area contributed by atoms with Gasteiger partial charge in [0.15, 0.2) is 12.2 Å². The van der Waals surface area contributed by atoms with E-state index in [2.05, 4.69) is 20.9 Å². The summed E-state index contributed by atoms with van der Waals surface area (Å²) < 4.78 is 19.4. The van der Waals surface area contributed by atoms with Crippen molar-refractivity contribution < 1.29 is 8.81 Å². The molecule has 0 fully saturated rings. The first kappa shape index (κ1) is 10.6. The van der Waals surface area contributed by atoms with E-state index in [0.717, 1.165) is 0 Å². The van der Waals surface area contributed by atoms with Crippen LogP contribution in [0.2, 0.25) is 0 Å². The number of hydrogen-bond donors (Lipinski definition) is 0. The zero-order chi connectivity index (χ0) is 10.8. The quantitative estimate of drug-likeness (QED) is 0.782. The van der Waals surface area contributed by atoms with Crippen LogP contribution in [0.4, 0.5) is 4.39 Å². The second-order valence-electron chi connectivity index (χ2n) is 2.89. The maximum atomic E-state index is 13.6. The Morgan fingerprint density at radius 3 is 2.93 bits per heavy atom. The zero-order valence-electron chi connectivity index (χ0n) is 7.51. The van der Waals surface area contributed by atoms with Gasteiger partial charge in [0.1, 0.15) is 11.5 Å². The molecule has 2 aromatic rings. The van der Waals surface area contributed by atoms with Gasteiger partial charge >= 0.3 is 0 Å². The van der Waals surface area contributed by atoms with E-state index in [9.17, 15) is 4.39 Å². The van der Waals surface area contributed by atoms with Gasteiger partial charge in [0, 0.05) is 4.47 Å². The molecule has 1 aromatic heterocycles. The van der Waals surface area contributed by atoms with Crippen molar-refractivity contribution in [2.45, 2.75) is 5.88 Å². The molecule has 0 aliphatic heterocycles. The zero-order valence-corrected chi connectivity index (χ0v) is 9.85. The Labute approximate surface area is 99.2 Å². The molecule has 0 saturated carbocycles. The first-order valence-corrected chi connectivity index (χ1v) is 5.49. The van der Waals surface area contributed by atoms with Crippen LogP contribution in [0.5, 0.6) is 0 Å². The van der Waals surface area contributed by atoms with Crippen molar-refractivity contribution in [1.29, 1.82) is 0 Å². The average Bonchev–Trinajstić information content (AvgIpc) is 2.65. The molecule has 15 heavy (non-hydrogen) atoms. The topological polar surface area (TPSA) is 26.0 Å². The van der Waals surface area contributed by atoms with Gasteiger partial charge in [-0.15, -0.1) is 11.6 Å². The Morgan fingerprint density at radius 1 is 1.47 bits per heavy atom. The van der Waals surface area contributed by atoms with Crippen molar-refractivity contribution in [2.75, 3.05) is 0 Å². The van der Waals surface area contributed by atoms with Crippen LogP contribution in [-0.4, -0.2) is 4.98 Å². The standard InChI is InChI=1S/C10H6BrClFNO/c11-6-1-2-7(8(13)3-6)10-9(4-12)14-5-15-10/h1-3,5H,4H2. The lowest BCUT2D eigenvalue weighted by Crippen LogP contribution is -1.87. The molecule has 2 nitrogen and oxygen atoms in total. The Kier molecular flexibility index (Phi) is 3.07. The average molecular weight is 291 g/mol. The minimum atomic E-state index is -0.368. The van der Waals surface area contributed by atoms with Crippen LogP contribution in [0, 0.1) is 5.82 Å². The number of benzene rings is 1. The van der Waals surface area contributed by atoms with E-state index in [1.807, 2.05) is 0 Å². The summed E-state index contributed by atoms with van der Waals surface area (Å²) in [6.07, 6.45) is 1.26. The number of nitrogens with zero attached hydrogens (tertiary/aromatic N) is 1. The van der Waals surface area contributed by atoms with Crippen LogP contribution in [-0.2, 0) is 5.88 Å². The number of halogens is 3. The highest BCUT2D eigenvalue weighted by Gasteiger charge is 2.14. The first-order valence-electron chi connectivity index (χ1n) is 4.16. The van der Waals surface area contributed by atoms with Crippen LogP contribution in [0.25, 0.3) is 11.3 Å². The van der Waals surface area contributed by atoms with Crippen LogP contribution in [0.3, 0.4) is 0 Å². The lowest BCUT2D eigenvalue weighted by Gasteiger charge is -2.01. The van der Waals surface area contributed by atoms with Gasteiger partial charge in [0.25, 0.3) is 0 Å². The molecule has 0 spiro atoms. The highest BCUT2D eigenvalue weighted by Crippen LogP contribution is 2.28. The van der Waals surface area contributed by atoms with E-state index in [1.54, 1.807) is 12.1 Å². The Balaban J connectivity index is 2.54. The van der Waals surface area contributed by atoms with Crippen molar-refractivity contribution in [3.63, 3.8) is 0 Å². The van der Waals surface area contributed by atoms with Crippen molar-refractivity contribution >= 4 is 27.5 Å². The van der Waals surface area contributed by atoms with Gasteiger partial charge in [-0.05, 0) is 18.2 Å². The van der Waals surface area contributed by atoms with Crippen molar-refractivity contribution in [2.24, 2.45) is 0 Å². The molecular formula is C10H6BrClFNO. The SMILES string of the molecule is Fc1cc(Br)ccc1-c1ocnc1CCl. The first-order chi connectivity index (χ1) is 7.22. The second-order valence-corrected chi connectivity index (χ2v) is 4.07. The van der Waals surface area contributed by atoms with Gasteiger partial charge in [0.2, 0.25) is 0 Å². The molecule has 0 aliphatic rings. The molecule has 0 N–H and O–H groups in total. The number of oxazole rings is 1. The molecule has 0 atom stereocenters. The minimum absolute atomic E-state index is 0.196. The largest absolute Gasteiger partial charge is 0.443 e. The molecule has 1 heterocycles. The molecule has 0 unspecified atom stereocenters. The predicted octanol–water partition coefficient (Wildman–Crippen LogP) is 3.98.